The van der Waals surface area contributed by atoms with Gasteiger partial charge in [-0.25, -0.2) is 0 Å². The Morgan fingerprint density at radius 3 is 2.24 bits per heavy atom. The quantitative estimate of drug-likeness (QED) is 0.181. The first kappa shape index (κ1) is 37.3. The van der Waals surface area contributed by atoms with E-state index >= 15 is 0 Å². The first-order chi connectivity index (χ1) is 29.2. The van der Waals surface area contributed by atoms with E-state index in [0.717, 1.165) is 56.3 Å². The second-order valence-electron chi connectivity index (χ2n) is 15.8. The number of H-pyrrole nitrogens is 1. The van der Waals surface area contributed by atoms with Gasteiger partial charge in [0.25, 0.3) is 0 Å². The molecule has 59 heavy (non-hydrogen) atoms. The SMILES string of the molecule is C=C1/C=C\CCSc2cc(N(C3=CC=C(C4=CC=CCC4)CC3)c3cccc(-c4ccc(-c5ccc6[nH]c7c(c6c5)C5=CCCc6cccc-7c65)cc4)c3)ccc21.CC. The molecule has 0 bridgehead atoms. The molecular weight excluding hydrogens is 733 g/mol. The van der Waals surface area contributed by atoms with E-state index in [1.165, 1.54) is 105 Å². The lowest BCUT2D eigenvalue weighted by Gasteiger charge is -2.31. The topological polar surface area (TPSA) is 19.0 Å². The number of anilines is 2. The number of thioether (sulfide) groups is 1. The number of hydrogen-bond acceptors (Lipinski definition) is 2. The van der Waals surface area contributed by atoms with E-state index in [9.17, 15) is 0 Å². The zero-order valence-electron chi connectivity index (χ0n) is 34.2. The summed E-state index contributed by atoms with van der Waals surface area (Å²) < 4.78 is 0. The van der Waals surface area contributed by atoms with Crippen LogP contribution in [0, 0.1) is 0 Å². The Bertz CT molecular complexity index is 2830. The van der Waals surface area contributed by atoms with E-state index in [4.69, 9.17) is 0 Å². The number of aromatic amines is 1. The normalized spacial score (nSPS) is 16.9. The first-order valence-corrected chi connectivity index (χ1v) is 22.5. The monoisotopic (exact) mass is 782 g/mol. The van der Waals surface area contributed by atoms with Gasteiger partial charge in [-0.3, -0.25) is 0 Å². The molecule has 1 aromatic heterocycles. The molecule has 6 aromatic rings. The smallest absolute Gasteiger partial charge is 0.0551 e. The number of rotatable bonds is 6. The van der Waals surface area contributed by atoms with Gasteiger partial charge in [-0.1, -0.05) is 130 Å². The molecule has 1 N–H and O–H groups in total. The fourth-order valence-corrected chi connectivity index (χ4v) is 10.6. The summed E-state index contributed by atoms with van der Waals surface area (Å²) in [4.78, 5) is 7.58. The van der Waals surface area contributed by atoms with Gasteiger partial charge in [0.05, 0.1) is 5.69 Å². The molecule has 11 rings (SSSR count). The average molecular weight is 783 g/mol. The van der Waals surface area contributed by atoms with Crippen molar-refractivity contribution in [3.8, 4) is 33.5 Å². The number of hydrogen-bond donors (Lipinski definition) is 1. The van der Waals surface area contributed by atoms with Crippen molar-refractivity contribution in [1.82, 2.24) is 4.98 Å². The van der Waals surface area contributed by atoms with Crippen molar-refractivity contribution in [2.45, 2.75) is 63.7 Å². The lowest BCUT2D eigenvalue weighted by atomic mass is 9.89. The molecule has 290 valence electrons. The molecule has 0 fully saturated rings. The van der Waals surface area contributed by atoms with Gasteiger partial charge in [0.15, 0.2) is 0 Å². The van der Waals surface area contributed by atoms with Crippen LogP contribution < -0.4 is 4.90 Å². The van der Waals surface area contributed by atoms with Crippen molar-refractivity contribution >= 4 is 45.2 Å². The second-order valence-corrected chi connectivity index (χ2v) is 17.0. The van der Waals surface area contributed by atoms with Crippen LogP contribution in [0.1, 0.15) is 74.6 Å². The molecule has 5 aliphatic rings. The highest BCUT2D eigenvalue weighted by molar-refractivity contribution is 7.99. The van der Waals surface area contributed by atoms with E-state index in [-0.39, 0.29) is 0 Å². The number of fused-ring (bicyclic) bond motifs is 6. The molecule has 0 saturated heterocycles. The predicted octanol–water partition coefficient (Wildman–Crippen LogP) is 16.0. The maximum atomic E-state index is 4.40. The van der Waals surface area contributed by atoms with Gasteiger partial charge in [0.2, 0.25) is 0 Å². The Balaban J connectivity index is 0.00000207. The zero-order chi connectivity index (χ0) is 39.9. The minimum Gasteiger partial charge on any atom is -0.354 e. The summed E-state index contributed by atoms with van der Waals surface area (Å²) in [6.07, 6.45) is 26.0. The Labute approximate surface area is 353 Å². The van der Waals surface area contributed by atoms with Gasteiger partial charge in [0, 0.05) is 49.7 Å². The summed E-state index contributed by atoms with van der Waals surface area (Å²) in [5.74, 6) is 1.07. The maximum absolute atomic E-state index is 4.40. The fourth-order valence-electron chi connectivity index (χ4n) is 9.59. The summed E-state index contributed by atoms with van der Waals surface area (Å²) in [6, 6.07) is 38.9. The lowest BCUT2D eigenvalue weighted by molar-refractivity contribution is 0.850. The third kappa shape index (κ3) is 6.82. The van der Waals surface area contributed by atoms with Gasteiger partial charge in [-0.05, 0) is 149 Å². The molecule has 3 heteroatoms. The third-order valence-electron chi connectivity index (χ3n) is 12.4. The molecule has 0 atom stereocenters. The van der Waals surface area contributed by atoms with Crippen molar-refractivity contribution in [1.29, 1.82) is 0 Å². The molecule has 2 heterocycles. The molecule has 0 amide bonds. The molecule has 0 unspecified atom stereocenters. The standard InChI is InChI=1S/C54H44N2S.C2H6/c1-35-10-5-6-31-57-51-34-45(28-29-46(35)51)56(43-26-23-37(24-27-43)36-11-3-2-4-12-36)44-16-7-15-41(32-44)38-19-21-39(22-20-38)42-25-30-50-49(33-42)53-47-17-8-13-40-14-9-18-48(52(40)47)54(53)55-50;1-2/h2-3,5,7,9-11,14-23,25-26,28-30,32-34,55H,1,4,6,8,12-13,24,27,31H2;1-2H3/b10-5-;. The van der Waals surface area contributed by atoms with Crippen LogP contribution in [-0.4, -0.2) is 10.7 Å². The predicted molar refractivity (Wildman–Crippen MR) is 255 cm³/mol. The number of nitrogens with one attached hydrogen (secondary N) is 1. The van der Waals surface area contributed by atoms with Crippen molar-refractivity contribution < 1.29 is 0 Å². The van der Waals surface area contributed by atoms with Crippen molar-refractivity contribution in [3.63, 3.8) is 0 Å². The van der Waals surface area contributed by atoms with Crippen LogP contribution in [0.4, 0.5) is 11.4 Å². The summed E-state index contributed by atoms with van der Waals surface area (Å²) >= 11 is 1.94. The van der Waals surface area contributed by atoms with Crippen LogP contribution >= 0.6 is 11.8 Å². The van der Waals surface area contributed by atoms with Crippen molar-refractivity contribution in [2.24, 2.45) is 0 Å². The summed E-state index contributed by atoms with van der Waals surface area (Å²) in [6.45, 7) is 8.40. The number of allylic oxidation sites excluding steroid dienone is 12. The zero-order valence-corrected chi connectivity index (χ0v) is 35.0. The molecule has 0 radical (unpaired) electrons. The fraction of sp³-hybridized carbons (Fsp3) is 0.179. The molecule has 2 nitrogen and oxygen atoms in total. The maximum Gasteiger partial charge on any atom is 0.0551 e. The molecule has 5 aromatic carbocycles. The molecule has 1 aliphatic heterocycles. The van der Waals surface area contributed by atoms with E-state index in [0.29, 0.717) is 0 Å². The first-order valence-electron chi connectivity index (χ1n) is 21.5. The summed E-state index contributed by atoms with van der Waals surface area (Å²) in [5, 5.41) is 1.31. The lowest BCUT2D eigenvalue weighted by Crippen LogP contribution is -2.18. The average Bonchev–Trinajstić information content (AvgIpc) is 3.83. The number of nitrogens with zero attached hydrogens (tertiary/aromatic N) is 1. The van der Waals surface area contributed by atoms with E-state index in [1.54, 1.807) is 0 Å². The van der Waals surface area contributed by atoms with Crippen LogP contribution in [0.3, 0.4) is 0 Å². The van der Waals surface area contributed by atoms with Crippen molar-refractivity contribution in [3.05, 3.63) is 197 Å². The highest BCUT2D eigenvalue weighted by Crippen LogP contribution is 2.51. The van der Waals surface area contributed by atoms with E-state index < -0.39 is 0 Å². The number of aryl methyl sites for hydroxylation is 1. The van der Waals surface area contributed by atoms with Crippen LogP contribution in [0.5, 0.6) is 0 Å². The van der Waals surface area contributed by atoms with Crippen LogP contribution in [0.2, 0.25) is 0 Å². The minimum atomic E-state index is 0.991. The van der Waals surface area contributed by atoms with Crippen molar-refractivity contribution in [2.75, 3.05) is 10.7 Å². The van der Waals surface area contributed by atoms with E-state index in [2.05, 4.69) is 168 Å². The Kier molecular flexibility index (Phi) is 10.1. The summed E-state index contributed by atoms with van der Waals surface area (Å²) in [5.41, 5.74) is 23.4. The van der Waals surface area contributed by atoms with Gasteiger partial charge in [-0.2, -0.15) is 0 Å². The Hall–Kier alpha value is -6.03. The van der Waals surface area contributed by atoms with Gasteiger partial charge >= 0.3 is 0 Å². The van der Waals surface area contributed by atoms with Crippen LogP contribution in [-0.2, 0) is 6.42 Å². The van der Waals surface area contributed by atoms with Gasteiger partial charge in [0.1, 0.15) is 0 Å². The largest absolute Gasteiger partial charge is 0.354 e. The minimum absolute atomic E-state index is 0.991. The highest BCUT2D eigenvalue weighted by atomic mass is 32.2. The van der Waals surface area contributed by atoms with E-state index in [1.807, 2.05) is 25.6 Å². The summed E-state index contributed by atoms with van der Waals surface area (Å²) in [7, 11) is 0. The molecular formula is C56H50N2S. The third-order valence-corrected chi connectivity index (χ3v) is 13.5. The number of aromatic nitrogens is 1. The Morgan fingerprint density at radius 2 is 1.42 bits per heavy atom. The van der Waals surface area contributed by atoms with Crippen LogP contribution in [0.25, 0.3) is 55.6 Å². The highest BCUT2D eigenvalue weighted by Gasteiger charge is 2.31. The molecule has 0 saturated carbocycles. The molecule has 4 aliphatic carbocycles. The number of benzene rings is 5. The second kappa shape index (κ2) is 16.0. The van der Waals surface area contributed by atoms with Gasteiger partial charge in [-0.15, -0.1) is 11.8 Å². The van der Waals surface area contributed by atoms with Crippen LogP contribution in [0.15, 0.2) is 180 Å². The van der Waals surface area contributed by atoms with Gasteiger partial charge < -0.3 is 9.88 Å². The molecule has 0 spiro atoms. The Morgan fingerprint density at radius 1 is 0.627 bits per heavy atom.